The summed E-state index contributed by atoms with van der Waals surface area (Å²) in [5.41, 5.74) is 2.18. The smallest absolute Gasteiger partial charge is 0.233 e. The van der Waals surface area contributed by atoms with E-state index < -0.39 is 16.9 Å². The molecule has 1 aromatic heterocycles. The lowest BCUT2D eigenvalue weighted by Gasteiger charge is -2.19. The second kappa shape index (κ2) is 8.33. The Morgan fingerprint density at radius 1 is 1.00 bits per heavy atom. The summed E-state index contributed by atoms with van der Waals surface area (Å²) in [6.07, 6.45) is -0.999. The number of pyridine rings is 1. The molecule has 0 aliphatic rings. The van der Waals surface area contributed by atoms with Gasteiger partial charge in [-0.15, -0.1) is 0 Å². The number of rotatable bonds is 6. The average molecular weight is 383 g/mol. The molecule has 27 heavy (non-hydrogen) atoms. The first-order valence-electron chi connectivity index (χ1n) is 8.39. The molecular weight excluding hydrogens is 362 g/mol. The van der Waals surface area contributed by atoms with E-state index in [9.17, 15) is 9.32 Å². The van der Waals surface area contributed by atoms with Crippen LogP contribution in [0, 0.1) is 6.92 Å². The summed E-state index contributed by atoms with van der Waals surface area (Å²) in [4.78, 5) is 5.20. The van der Waals surface area contributed by atoms with Gasteiger partial charge in [0.2, 0.25) is 11.8 Å². The number of aliphatic hydroxyl groups is 1. The van der Waals surface area contributed by atoms with Gasteiger partial charge in [-0.2, -0.15) is 4.98 Å². The van der Waals surface area contributed by atoms with Crippen molar-refractivity contribution in [1.29, 1.82) is 0 Å². The first kappa shape index (κ1) is 19.1. The summed E-state index contributed by atoms with van der Waals surface area (Å²) in [6.45, 7) is 1.97. The first-order valence-corrected chi connectivity index (χ1v) is 9.54. The van der Waals surface area contributed by atoms with E-state index in [-0.39, 0.29) is 11.8 Å². The quantitative estimate of drug-likeness (QED) is 0.704. The van der Waals surface area contributed by atoms with Crippen LogP contribution in [-0.2, 0) is 10.8 Å². The van der Waals surface area contributed by atoms with Crippen molar-refractivity contribution < 1.29 is 18.8 Å². The standard InChI is InChI=1S/C21H21NO4S/c1-14-9-11-16(12-10-14)27(24)20-17(13-18(25-2)22-21(20)26-3)19(23)15-7-5-4-6-8-15/h4-13,19,23H,1-3H3/t19-,27?/m1/s1. The van der Waals surface area contributed by atoms with Crippen LogP contribution < -0.4 is 9.47 Å². The first-order chi connectivity index (χ1) is 13.0. The van der Waals surface area contributed by atoms with Crippen LogP contribution in [0.4, 0.5) is 0 Å². The largest absolute Gasteiger partial charge is 0.481 e. The van der Waals surface area contributed by atoms with Crippen LogP contribution in [0.5, 0.6) is 11.8 Å². The zero-order valence-corrected chi connectivity index (χ0v) is 16.2. The molecule has 0 aliphatic heterocycles. The van der Waals surface area contributed by atoms with Gasteiger partial charge in [0.25, 0.3) is 0 Å². The Labute approximate surface area is 161 Å². The third kappa shape index (κ3) is 4.02. The van der Waals surface area contributed by atoms with Crippen LogP contribution in [0.3, 0.4) is 0 Å². The molecule has 0 aliphatic carbocycles. The minimum absolute atomic E-state index is 0.165. The molecule has 2 aromatic carbocycles. The van der Waals surface area contributed by atoms with Crippen LogP contribution in [0.1, 0.15) is 22.8 Å². The number of ether oxygens (including phenoxy) is 2. The van der Waals surface area contributed by atoms with Crippen molar-refractivity contribution in [3.63, 3.8) is 0 Å². The Balaban J connectivity index is 2.18. The summed E-state index contributed by atoms with van der Waals surface area (Å²) in [5, 5.41) is 11.0. The molecule has 0 fully saturated rings. The van der Waals surface area contributed by atoms with Crippen molar-refractivity contribution in [3.8, 4) is 11.8 Å². The molecule has 2 atom stereocenters. The lowest BCUT2D eigenvalue weighted by atomic mass is 10.0. The van der Waals surface area contributed by atoms with Crippen molar-refractivity contribution >= 4 is 10.8 Å². The van der Waals surface area contributed by atoms with E-state index >= 15 is 0 Å². The maximum atomic E-state index is 13.3. The van der Waals surface area contributed by atoms with E-state index in [1.165, 1.54) is 14.2 Å². The molecule has 5 nitrogen and oxygen atoms in total. The fourth-order valence-electron chi connectivity index (χ4n) is 2.73. The lowest BCUT2D eigenvalue weighted by Crippen LogP contribution is -2.10. The Hall–Kier alpha value is -2.70. The number of aliphatic hydroxyl groups excluding tert-OH is 1. The number of hydrogen-bond donors (Lipinski definition) is 1. The van der Waals surface area contributed by atoms with E-state index in [1.54, 1.807) is 18.2 Å². The number of methoxy groups -OCH3 is 2. The highest BCUT2D eigenvalue weighted by molar-refractivity contribution is 7.85. The second-order valence-corrected chi connectivity index (χ2v) is 7.40. The predicted octanol–water partition coefficient (Wildman–Crippen LogP) is 3.66. The summed E-state index contributed by atoms with van der Waals surface area (Å²) < 4.78 is 24.0. The van der Waals surface area contributed by atoms with E-state index in [4.69, 9.17) is 9.47 Å². The second-order valence-electron chi connectivity index (χ2n) is 5.99. The van der Waals surface area contributed by atoms with Gasteiger partial charge in [0.15, 0.2) is 0 Å². The summed E-state index contributed by atoms with van der Waals surface area (Å²) in [7, 11) is 1.35. The van der Waals surface area contributed by atoms with E-state index in [0.29, 0.717) is 20.9 Å². The number of hydrogen-bond acceptors (Lipinski definition) is 5. The van der Waals surface area contributed by atoms with Gasteiger partial charge in [-0.05, 0) is 24.6 Å². The minimum atomic E-state index is -1.59. The molecule has 140 valence electrons. The van der Waals surface area contributed by atoms with Crippen LogP contribution >= 0.6 is 0 Å². The molecule has 3 aromatic rings. The topological polar surface area (TPSA) is 68.7 Å². The van der Waals surface area contributed by atoms with Gasteiger partial charge in [0, 0.05) is 16.5 Å². The van der Waals surface area contributed by atoms with Crippen molar-refractivity contribution in [2.24, 2.45) is 0 Å². The molecule has 0 spiro atoms. The molecule has 0 saturated heterocycles. The highest BCUT2D eigenvalue weighted by Crippen LogP contribution is 2.36. The highest BCUT2D eigenvalue weighted by atomic mass is 32.2. The minimum Gasteiger partial charge on any atom is -0.481 e. The average Bonchev–Trinajstić information content (AvgIpc) is 2.72. The van der Waals surface area contributed by atoms with Gasteiger partial charge < -0.3 is 14.6 Å². The molecule has 0 radical (unpaired) electrons. The predicted molar refractivity (Wildman–Crippen MR) is 104 cm³/mol. The number of nitrogens with zero attached hydrogens (tertiary/aromatic N) is 1. The lowest BCUT2D eigenvalue weighted by molar-refractivity contribution is 0.214. The van der Waals surface area contributed by atoms with E-state index in [2.05, 4.69) is 4.98 Å². The van der Waals surface area contributed by atoms with Crippen molar-refractivity contribution in [3.05, 3.63) is 77.4 Å². The van der Waals surface area contributed by atoms with Gasteiger partial charge in [0.05, 0.1) is 25.0 Å². The number of aryl methyl sites for hydroxylation is 1. The number of benzene rings is 2. The maximum Gasteiger partial charge on any atom is 0.233 e. The molecule has 0 amide bonds. The molecule has 1 N–H and O–H groups in total. The third-order valence-corrected chi connectivity index (χ3v) is 5.66. The van der Waals surface area contributed by atoms with Gasteiger partial charge in [0.1, 0.15) is 11.0 Å². The van der Waals surface area contributed by atoms with Gasteiger partial charge >= 0.3 is 0 Å². The van der Waals surface area contributed by atoms with Crippen molar-refractivity contribution in [2.45, 2.75) is 22.8 Å². The van der Waals surface area contributed by atoms with Crippen LogP contribution in [-0.4, -0.2) is 28.5 Å². The summed E-state index contributed by atoms with van der Waals surface area (Å²) in [6, 6.07) is 18.1. The molecule has 3 rings (SSSR count). The van der Waals surface area contributed by atoms with Crippen molar-refractivity contribution in [2.75, 3.05) is 14.2 Å². The van der Waals surface area contributed by atoms with Crippen molar-refractivity contribution in [1.82, 2.24) is 4.98 Å². The van der Waals surface area contributed by atoms with Gasteiger partial charge in [-0.25, -0.2) is 4.21 Å². The molecule has 1 heterocycles. The zero-order chi connectivity index (χ0) is 19.4. The maximum absolute atomic E-state index is 13.3. The van der Waals surface area contributed by atoms with Crippen LogP contribution in [0.2, 0.25) is 0 Å². The Morgan fingerprint density at radius 2 is 1.67 bits per heavy atom. The third-order valence-electron chi connectivity index (χ3n) is 4.18. The molecule has 0 saturated carbocycles. The molecule has 1 unspecified atom stereocenters. The molecule has 0 bridgehead atoms. The van der Waals surface area contributed by atoms with E-state index in [1.807, 2.05) is 49.4 Å². The van der Waals surface area contributed by atoms with E-state index in [0.717, 1.165) is 5.56 Å². The fraction of sp³-hybridized carbons (Fsp3) is 0.190. The normalized spacial score (nSPS) is 13.0. The Morgan fingerprint density at radius 3 is 2.26 bits per heavy atom. The van der Waals surface area contributed by atoms with Crippen LogP contribution in [0.25, 0.3) is 0 Å². The molecular formula is C21H21NO4S. The zero-order valence-electron chi connectivity index (χ0n) is 15.4. The summed E-state index contributed by atoms with van der Waals surface area (Å²) in [5.74, 6) is 0.444. The monoisotopic (exact) mass is 383 g/mol. The fourth-order valence-corrected chi connectivity index (χ4v) is 4.02. The number of aromatic nitrogens is 1. The Bertz CT molecular complexity index is 942. The SMILES string of the molecule is COc1cc([C@H](O)c2ccccc2)c(S(=O)c2ccc(C)cc2)c(OC)n1. The molecule has 6 heteroatoms. The summed E-state index contributed by atoms with van der Waals surface area (Å²) >= 11 is 0. The Kier molecular flexibility index (Phi) is 5.88. The van der Waals surface area contributed by atoms with Gasteiger partial charge in [-0.1, -0.05) is 48.0 Å². The van der Waals surface area contributed by atoms with Gasteiger partial charge in [-0.3, -0.25) is 0 Å². The van der Waals surface area contributed by atoms with Crippen LogP contribution in [0.15, 0.2) is 70.5 Å². The highest BCUT2D eigenvalue weighted by Gasteiger charge is 2.26.